The lowest BCUT2D eigenvalue weighted by Crippen LogP contribution is -2.56. The van der Waals surface area contributed by atoms with Crippen LogP contribution < -0.4 is 5.32 Å². The standard InChI is InChI=1S/C8H16N2O/c1-6-4-9-5-7(2)10(6)8(3)11/h6-7,9H,4-5H2,1-3H3/t6-,7+. The van der Waals surface area contributed by atoms with Crippen LogP contribution in [0, 0.1) is 0 Å². The van der Waals surface area contributed by atoms with Crippen molar-refractivity contribution in [1.29, 1.82) is 0 Å². The molecule has 2 atom stereocenters. The predicted octanol–water partition coefficient (Wildman–Crippen LogP) is 0.215. The number of nitrogens with one attached hydrogen (secondary N) is 1. The first kappa shape index (κ1) is 8.53. The molecule has 3 nitrogen and oxygen atoms in total. The smallest absolute Gasteiger partial charge is 0.220 e. The fourth-order valence-corrected chi connectivity index (χ4v) is 1.75. The molecule has 0 aromatic rings. The Hall–Kier alpha value is -0.570. The first-order valence-electron chi connectivity index (χ1n) is 4.12. The minimum atomic E-state index is 0.187. The van der Waals surface area contributed by atoms with Crippen LogP contribution in [0.3, 0.4) is 0 Å². The fourth-order valence-electron chi connectivity index (χ4n) is 1.75. The lowest BCUT2D eigenvalue weighted by molar-refractivity contribution is -0.134. The number of carbonyl (C=O) groups excluding carboxylic acids is 1. The minimum absolute atomic E-state index is 0.187. The van der Waals surface area contributed by atoms with Crippen LogP contribution in [-0.2, 0) is 4.79 Å². The molecule has 0 radical (unpaired) electrons. The van der Waals surface area contributed by atoms with E-state index in [0.717, 1.165) is 13.1 Å². The van der Waals surface area contributed by atoms with Gasteiger partial charge >= 0.3 is 0 Å². The van der Waals surface area contributed by atoms with E-state index in [2.05, 4.69) is 19.2 Å². The van der Waals surface area contributed by atoms with Crippen molar-refractivity contribution in [2.24, 2.45) is 0 Å². The third-order valence-corrected chi connectivity index (χ3v) is 2.19. The molecular weight excluding hydrogens is 140 g/mol. The van der Waals surface area contributed by atoms with Crippen molar-refractivity contribution >= 4 is 5.91 Å². The molecule has 1 fully saturated rings. The summed E-state index contributed by atoms with van der Waals surface area (Å²) in [5.74, 6) is 0.187. The number of carbonyl (C=O) groups is 1. The lowest BCUT2D eigenvalue weighted by Gasteiger charge is -2.38. The fraction of sp³-hybridized carbons (Fsp3) is 0.875. The van der Waals surface area contributed by atoms with E-state index in [1.165, 1.54) is 0 Å². The van der Waals surface area contributed by atoms with Crippen LogP contribution >= 0.6 is 0 Å². The largest absolute Gasteiger partial charge is 0.335 e. The van der Waals surface area contributed by atoms with Gasteiger partial charge in [-0.3, -0.25) is 4.79 Å². The number of nitrogens with zero attached hydrogens (tertiary/aromatic N) is 1. The van der Waals surface area contributed by atoms with Gasteiger partial charge in [-0.15, -0.1) is 0 Å². The molecule has 1 saturated heterocycles. The molecule has 0 unspecified atom stereocenters. The molecule has 0 saturated carbocycles. The number of piperazine rings is 1. The summed E-state index contributed by atoms with van der Waals surface area (Å²) in [4.78, 5) is 13.1. The molecule has 0 bridgehead atoms. The second kappa shape index (κ2) is 3.22. The highest BCUT2D eigenvalue weighted by Gasteiger charge is 2.25. The second-order valence-corrected chi connectivity index (χ2v) is 3.28. The molecule has 1 N–H and O–H groups in total. The highest BCUT2D eigenvalue weighted by atomic mass is 16.2. The zero-order valence-corrected chi connectivity index (χ0v) is 7.42. The highest BCUT2D eigenvalue weighted by molar-refractivity contribution is 5.74. The molecule has 0 aliphatic carbocycles. The molecule has 64 valence electrons. The minimum Gasteiger partial charge on any atom is -0.335 e. The van der Waals surface area contributed by atoms with E-state index >= 15 is 0 Å². The van der Waals surface area contributed by atoms with E-state index < -0.39 is 0 Å². The van der Waals surface area contributed by atoms with Crippen LogP contribution in [0.2, 0.25) is 0 Å². The molecule has 1 amide bonds. The summed E-state index contributed by atoms with van der Waals surface area (Å²) >= 11 is 0. The van der Waals surface area contributed by atoms with Crippen molar-refractivity contribution in [3.8, 4) is 0 Å². The molecule has 11 heavy (non-hydrogen) atoms. The quantitative estimate of drug-likeness (QED) is 0.544. The number of amides is 1. The van der Waals surface area contributed by atoms with Gasteiger partial charge in [-0.1, -0.05) is 0 Å². The Morgan fingerprint density at radius 3 is 2.09 bits per heavy atom. The summed E-state index contributed by atoms with van der Waals surface area (Å²) in [5, 5.41) is 3.28. The van der Waals surface area contributed by atoms with E-state index in [1.54, 1.807) is 6.92 Å². The maximum absolute atomic E-state index is 11.1. The molecule has 1 aliphatic heterocycles. The van der Waals surface area contributed by atoms with Gasteiger partial charge in [-0.05, 0) is 13.8 Å². The summed E-state index contributed by atoms with van der Waals surface area (Å²) in [6.07, 6.45) is 0. The first-order valence-corrected chi connectivity index (χ1v) is 4.12. The Bertz CT molecular complexity index is 148. The average Bonchev–Trinajstić information content (AvgIpc) is 1.85. The molecule has 1 heterocycles. The Balaban J connectivity index is 2.62. The van der Waals surface area contributed by atoms with Crippen molar-refractivity contribution < 1.29 is 4.79 Å². The summed E-state index contributed by atoms with van der Waals surface area (Å²) in [6, 6.07) is 0.687. The lowest BCUT2D eigenvalue weighted by atomic mass is 10.1. The van der Waals surface area contributed by atoms with Crippen molar-refractivity contribution in [2.75, 3.05) is 13.1 Å². The van der Waals surface area contributed by atoms with Crippen LogP contribution in [0.4, 0.5) is 0 Å². The molecule has 3 heteroatoms. The van der Waals surface area contributed by atoms with E-state index in [4.69, 9.17) is 0 Å². The summed E-state index contributed by atoms with van der Waals surface area (Å²) in [5.41, 5.74) is 0. The zero-order valence-electron chi connectivity index (χ0n) is 7.42. The van der Waals surface area contributed by atoms with Gasteiger partial charge in [0.05, 0.1) is 0 Å². The van der Waals surface area contributed by atoms with E-state index in [0.29, 0.717) is 12.1 Å². The van der Waals surface area contributed by atoms with Gasteiger partial charge in [0.2, 0.25) is 5.91 Å². The number of hydrogen-bond acceptors (Lipinski definition) is 2. The Morgan fingerprint density at radius 2 is 1.82 bits per heavy atom. The van der Waals surface area contributed by atoms with Gasteiger partial charge in [-0.2, -0.15) is 0 Å². The van der Waals surface area contributed by atoms with Crippen LogP contribution in [0.1, 0.15) is 20.8 Å². The normalized spacial score (nSPS) is 32.1. The van der Waals surface area contributed by atoms with Crippen molar-refractivity contribution in [3.05, 3.63) is 0 Å². The van der Waals surface area contributed by atoms with Gasteiger partial charge in [0, 0.05) is 32.1 Å². The third-order valence-electron chi connectivity index (χ3n) is 2.19. The van der Waals surface area contributed by atoms with Crippen LogP contribution in [0.5, 0.6) is 0 Å². The average molecular weight is 156 g/mol. The van der Waals surface area contributed by atoms with E-state index in [-0.39, 0.29) is 5.91 Å². The van der Waals surface area contributed by atoms with Gasteiger partial charge in [0.15, 0.2) is 0 Å². The second-order valence-electron chi connectivity index (χ2n) is 3.28. The van der Waals surface area contributed by atoms with E-state index in [9.17, 15) is 4.79 Å². The maximum atomic E-state index is 11.1. The van der Waals surface area contributed by atoms with Crippen molar-refractivity contribution in [1.82, 2.24) is 10.2 Å². The summed E-state index contributed by atoms with van der Waals surface area (Å²) in [7, 11) is 0. The maximum Gasteiger partial charge on any atom is 0.220 e. The highest BCUT2D eigenvalue weighted by Crippen LogP contribution is 2.08. The molecule has 1 aliphatic rings. The number of rotatable bonds is 0. The first-order chi connectivity index (χ1) is 5.13. The molecule has 0 aromatic carbocycles. The predicted molar refractivity (Wildman–Crippen MR) is 44.3 cm³/mol. The van der Waals surface area contributed by atoms with Gasteiger partial charge in [-0.25, -0.2) is 0 Å². The van der Waals surface area contributed by atoms with Crippen LogP contribution in [0.15, 0.2) is 0 Å². The third kappa shape index (κ3) is 1.71. The zero-order chi connectivity index (χ0) is 8.43. The molecule has 0 aromatic heterocycles. The molecule has 0 spiro atoms. The molecular formula is C8H16N2O. The van der Waals surface area contributed by atoms with Crippen molar-refractivity contribution in [3.63, 3.8) is 0 Å². The van der Waals surface area contributed by atoms with Crippen molar-refractivity contribution in [2.45, 2.75) is 32.9 Å². The topological polar surface area (TPSA) is 32.3 Å². The van der Waals surface area contributed by atoms with Crippen LogP contribution in [0.25, 0.3) is 0 Å². The summed E-state index contributed by atoms with van der Waals surface area (Å²) in [6.45, 7) is 7.63. The van der Waals surface area contributed by atoms with Crippen LogP contribution in [-0.4, -0.2) is 36.0 Å². The summed E-state index contributed by atoms with van der Waals surface area (Å²) < 4.78 is 0. The molecule has 1 rings (SSSR count). The Kier molecular flexibility index (Phi) is 2.49. The van der Waals surface area contributed by atoms with E-state index in [1.807, 2.05) is 4.90 Å². The van der Waals surface area contributed by atoms with Gasteiger partial charge < -0.3 is 10.2 Å². The van der Waals surface area contributed by atoms with Gasteiger partial charge in [0.25, 0.3) is 0 Å². The number of hydrogen-bond donors (Lipinski definition) is 1. The Morgan fingerprint density at radius 1 is 1.36 bits per heavy atom. The Labute approximate surface area is 67.8 Å². The van der Waals surface area contributed by atoms with Gasteiger partial charge in [0.1, 0.15) is 0 Å². The SMILES string of the molecule is CC(=O)N1[C@H](C)CNC[C@@H]1C. The monoisotopic (exact) mass is 156 g/mol.